The molecule has 116 valence electrons. The lowest BCUT2D eigenvalue weighted by atomic mass is 10.00. The van der Waals surface area contributed by atoms with Gasteiger partial charge in [0.2, 0.25) is 0 Å². The summed E-state index contributed by atoms with van der Waals surface area (Å²) in [6, 6.07) is 3.66. The maximum atomic E-state index is 13.0. The van der Waals surface area contributed by atoms with Crippen molar-refractivity contribution < 1.29 is 22.6 Å². The van der Waals surface area contributed by atoms with Crippen LogP contribution in [-0.4, -0.2) is 33.8 Å². The van der Waals surface area contributed by atoms with Crippen LogP contribution in [0.5, 0.6) is 0 Å². The predicted octanol–water partition coefficient (Wildman–Crippen LogP) is 2.13. The fraction of sp³-hybridized carbons (Fsp3) is 0.429. The van der Waals surface area contributed by atoms with Crippen LogP contribution in [-0.2, 0) is 28.5 Å². The summed E-state index contributed by atoms with van der Waals surface area (Å²) in [5.41, 5.74) is 0.454. The van der Waals surface area contributed by atoms with E-state index < -0.39 is 17.5 Å². The van der Waals surface area contributed by atoms with Crippen molar-refractivity contribution in [3.63, 3.8) is 0 Å². The van der Waals surface area contributed by atoms with E-state index in [0.717, 1.165) is 12.1 Å². The molecular formula is C14H12F3N3O2. The van der Waals surface area contributed by atoms with Gasteiger partial charge >= 0.3 is 6.18 Å². The number of halogens is 3. The van der Waals surface area contributed by atoms with Gasteiger partial charge in [0.15, 0.2) is 5.79 Å². The van der Waals surface area contributed by atoms with Gasteiger partial charge in [-0.05, 0) is 23.8 Å². The summed E-state index contributed by atoms with van der Waals surface area (Å²) >= 11 is 0. The minimum absolute atomic E-state index is 0.246. The molecule has 1 spiro atoms. The lowest BCUT2D eigenvalue weighted by molar-refractivity contribution is -0.155. The molecule has 1 fully saturated rings. The molecule has 3 heterocycles. The Morgan fingerprint density at radius 2 is 1.91 bits per heavy atom. The van der Waals surface area contributed by atoms with Crippen LogP contribution >= 0.6 is 0 Å². The van der Waals surface area contributed by atoms with E-state index in [9.17, 15) is 13.2 Å². The van der Waals surface area contributed by atoms with E-state index in [1.165, 1.54) is 12.4 Å². The molecule has 8 heteroatoms. The molecule has 0 atom stereocenters. The third-order valence-corrected chi connectivity index (χ3v) is 3.99. The topological polar surface area (TPSA) is 49.2 Å². The fourth-order valence-electron chi connectivity index (χ4n) is 3.01. The maximum absolute atomic E-state index is 13.0. The second-order valence-corrected chi connectivity index (χ2v) is 5.42. The van der Waals surface area contributed by atoms with Gasteiger partial charge in [0.1, 0.15) is 12.2 Å². The standard InChI is InChI=1S/C14H12F3N3O2/c15-14(16,17)10-1-2-11-9(5-10)6-13(21-3-4-22-13)7-12-19-18-8-20(11)12/h1-2,5,8H,3-4,6-7H2. The van der Waals surface area contributed by atoms with Gasteiger partial charge in [-0.2, -0.15) is 13.2 Å². The Morgan fingerprint density at radius 3 is 2.64 bits per heavy atom. The van der Waals surface area contributed by atoms with E-state index in [-0.39, 0.29) is 6.42 Å². The Morgan fingerprint density at radius 1 is 1.14 bits per heavy atom. The van der Waals surface area contributed by atoms with Gasteiger partial charge < -0.3 is 9.47 Å². The zero-order valence-electron chi connectivity index (χ0n) is 11.4. The summed E-state index contributed by atoms with van der Waals surface area (Å²) in [5, 5.41) is 7.89. The number of aromatic nitrogens is 3. The third kappa shape index (κ3) is 2.10. The van der Waals surface area contributed by atoms with E-state index in [4.69, 9.17) is 9.47 Å². The molecule has 0 saturated carbocycles. The lowest BCUT2D eigenvalue weighted by Crippen LogP contribution is -2.35. The van der Waals surface area contributed by atoms with Crippen LogP contribution in [0.4, 0.5) is 13.2 Å². The molecule has 22 heavy (non-hydrogen) atoms. The Bertz CT molecular complexity index is 720. The van der Waals surface area contributed by atoms with Crippen LogP contribution in [0.1, 0.15) is 17.0 Å². The van der Waals surface area contributed by atoms with Gasteiger partial charge in [-0.1, -0.05) is 0 Å². The van der Waals surface area contributed by atoms with Crippen molar-refractivity contribution in [2.45, 2.75) is 24.8 Å². The number of benzene rings is 1. The number of nitrogens with zero attached hydrogens (tertiary/aromatic N) is 3. The van der Waals surface area contributed by atoms with Crippen LogP contribution in [0.15, 0.2) is 24.5 Å². The second-order valence-electron chi connectivity index (χ2n) is 5.42. The number of rotatable bonds is 0. The number of fused-ring (bicyclic) bond motifs is 3. The van der Waals surface area contributed by atoms with Gasteiger partial charge in [-0.15, -0.1) is 10.2 Å². The number of ether oxygens (including phenoxy) is 2. The van der Waals surface area contributed by atoms with E-state index in [0.29, 0.717) is 36.7 Å². The number of alkyl halides is 3. The lowest BCUT2D eigenvalue weighted by Gasteiger charge is -2.25. The molecule has 4 rings (SSSR count). The Labute approximate surface area is 123 Å². The average molecular weight is 311 g/mol. The summed E-state index contributed by atoms with van der Waals surface area (Å²) in [4.78, 5) is 0. The summed E-state index contributed by atoms with van der Waals surface area (Å²) in [6.45, 7) is 0.838. The zero-order valence-corrected chi connectivity index (χ0v) is 11.4. The molecule has 5 nitrogen and oxygen atoms in total. The number of hydrogen-bond donors (Lipinski definition) is 0. The van der Waals surface area contributed by atoms with Crippen LogP contribution in [0, 0.1) is 0 Å². The molecule has 0 radical (unpaired) electrons. The average Bonchev–Trinajstić information content (AvgIpc) is 3.06. The molecular weight excluding hydrogens is 299 g/mol. The van der Waals surface area contributed by atoms with E-state index in [1.807, 2.05) is 0 Å². The first kappa shape index (κ1) is 13.7. The molecule has 2 aromatic rings. The van der Waals surface area contributed by atoms with Gasteiger partial charge in [0.25, 0.3) is 0 Å². The summed E-state index contributed by atoms with van der Waals surface area (Å²) in [5.74, 6) is -0.347. The van der Waals surface area contributed by atoms with Crippen molar-refractivity contribution >= 4 is 0 Å². The maximum Gasteiger partial charge on any atom is 0.416 e. The molecule has 0 amide bonds. The molecule has 1 aromatic carbocycles. The predicted molar refractivity (Wildman–Crippen MR) is 68.4 cm³/mol. The quantitative estimate of drug-likeness (QED) is 0.748. The Balaban J connectivity index is 1.88. The molecule has 1 saturated heterocycles. The van der Waals surface area contributed by atoms with Gasteiger partial charge in [-0.3, -0.25) is 4.57 Å². The summed E-state index contributed by atoms with van der Waals surface area (Å²) in [7, 11) is 0. The monoisotopic (exact) mass is 311 g/mol. The fourth-order valence-corrected chi connectivity index (χ4v) is 3.01. The largest absolute Gasteiger partial charge is 0.416 e. The molecule has 0 N–H and O–H groups in total. The molecule has 0 aliphatic carbocycles. The molecule has 1 aromatic heterocycles. The zero-order chi connectivity index (χ0) is 15.4. The van der Waals surface area contributed by atoms with Gasteiger partial charge in [0, 0.05) is 6.42 Å². The highest BCUT2D eigenvalue weighted by molar-refractivity contribution is 5.47. The third-order valence-electron chi connectivity index (χ3n) is 3.99. The van der Waals surface area contributed by atoms with Gasteiger partial charge in [-0.25, -0.2) is 0 Å². The SMILES string of the molecule is FC(F)(F)c1ccc2c(c1)CC1(Cc3nncn3-2)OCCO1. The van der Waals surface area contributed by atoms with Crippen LogP contribution < -0.4 is 0 Å². The minimum Gasteiger partial charge on any atom is -0.347 e. The minimum atomic E-state index is -4.39. The first-order chi connectivity index (χ1) is 10.5. The van der Waals surface area contributed by atoms with E-state index in [2.05, 4.69) is 10.2 Å². The van der Waals surface area contributed by atoms with Crippen LogP contribution in [0.2, 0.25) is 0 Å². The Kier molecular flexibility index (Phi) is 2.82. The highest BCUT2D eigenvalue weighted by Gasteiger charge is 2.42. The highest BCUT2D eigenvalue weighted by atomic mass is 19.4. The van der Waals surface area contributed by atoms with Crippen molar-refractivity contribution in [2.24, 2.45) is 0 Å². The highest BCUT2D eigenvalue weighted by Crippen LogP contribution is 2.37. The molecule has 0 unspecified atom stereocenters. The first-order valence-electron chi connectivity index (χ1n) is 6.84. The van der Waals surface area contributed by atoms with Gasteiger partial charge in [0.05, 0.1) is 30.9 Å². The van der Waals surface area contributed by atoms with Crippen LogP contribution in [0.25, 0.3) is 5.69 Å². The smallest absolute Gasteiger partial charge is 0.347 e. The molecule has 2 aliphatic heterocycles. The normalized spacial score (nSPS) is 19.8. The van der Waals surface area contributed by atoms with Crippen molar-refractivity contribution in [1.29, 1.82) is 0 Å². The Hall–Kier alpha value is -1.93. The summed E-state index contributed by atoms with van der Waals surface area (Å²) < 4.78 is 52.0. The van der Waals surface area contributed by atoms with Crippen molar-refractivity contribution in [1.82, 2.24) is 14.8 Å². The van der Waals surface area contributed by atoms with Crippen molar-refractivity contribution in [2.75, 3.05) is 13.2 Å². The second kappa shape index (κ2) is 4.53. The van der Waals surface area contributed by atoms with Crippen molar-refractivity contribution in [3.05, 3.63) is 41.5 Å². The molecule has 2 aliphatic rings. The summed E-state index contributed by atoms with van der Waals surface area (Å²) in [6.07, 6.45) is -2.30. The number of hydrogen-bond acceptors (Lipinski definition) is 4. The van der Waals surface area contributed by atoms with Crippen LogP contribution in [0.3, 0.4) is 0 Å². The van der Waals surface area contributed by atoms with Crippen molar-refractivity contribution in [3.8, 4) is 5.69 Å². The van der Waals surface area contributed by atoms with E-state index in [1.54, 1.807) is 4.57 Å². The van der Waals surface area contributed by atoms with E-state index >= 15 is 0 Å². The molecule has 0 bridgehead atoms. The first-order valence-corrected chi connectivity index (χ1v) is 6.84.